The summed E-state index contributed by atoms with van der Waals surface area (Å²) in [5, 5.41) is 0. The highest BCUT2D eigenvalue weighted by Gasteiger charge is 2.35. The summed E-state index contributed by atoms with van der Waals surface area (Å²) in [6.07, 6.45) is 9.22. The number of fused-ring (bicyclic) bond motifs is 2. The second-order valence-corrected chi connectivity index (χ2v) is 5.92. The molecule has 3 atom stereocenters. The molecule has 0 aromatic heterocycles. The van der Waals surface area contributed by atoms with Gasteiger partial charge in [-0.15, -0.1) is 0 Å². The fraction of sp³-hybridized carbons (Fsp3) is 0.333. The molecule has 2 aliphatic carbocycles. The maximum Gasteiger partial charge on any atom is 0.191 e. The number of allylic oxidation sites excluding steroid dienone is 4. The van der Waals surface area contributed by atoms with E-state index in [1.165, 1.54) is 22.4 Å². The number of hydrogen-bond donors (Lipinski definition) is 1. The van der Waals surface area contributed by atoms with Gasteiger partial charge in [-0.1, -0.05) is 48.1 Å². The average Bonchev–Trinajstić information content (AvgIpc) is 2.55. The zero-order valence-corrected chi connectivity index (χ0v) is 11.9. The van der Waals surface area contributed by atoms with Gasteiger partial charge in [0.1, 0.15) is 0 Å². The zero-order valence-electron chi connectivity index (χ0n) is 11.9. The van der Waals surface area contributed by atoms with Gasteiger partial charge < -0.3 is 0 Å². The second-order valence-electron chi connectivity index (χ2n) is 5.92. The van der Waals surface area contributed by atoms with Crippen molar-refractivity contribution in [2.45, 2.75) is 31.5 Å². The van der Waals surface area contributed by atoms with Crippen molar-refractivity contribution in [2.75, 3.05) is 0 Å². The van der Waals surface area contributed by atoms with Crippen LogP contribution in [0.15, 0.2) is 63.6 Å². The lowest BCUT2D eigenvalue weighted by Gasteiger charge is -2.36. The highest BCUT2D eigenvalue weighted by Crippen LogP contribution is 2.43. The van der Waals surface area contributed by atoms with Crippen LogP contribution in [0.1, 0.15) is 30.7 Å². The van der Waals surface area contributed by atoms with Crippen LogP contribution in [0.2, 0.25) is 0 Å². The second kappa shape index (κ2) is 5.08. The van der Waals surface area contributed by atoms with Crippen LogP contribution in [0, 0.1) is 5.92 Å². The number of hydrogen-bond acceptors (Lipinski definition) is 3. The predicted octanol–water partition coefficient (Wildman–Crippen LogP) is 3.20. The van der Waals surface area contributed by atoms with Gasteiger partial charge in [0, 0.05) is 18.1 Å². The van der Waals surface area contributed by atoms with Crippen LogP contribution >= 0.6 is 0 Å². The molecule has 2 N–H and O–H groups in total. The van der Waals surface area contributed by atoms with Crippen LogP contribution in [0.5, 0.6) is 0 Å². The van der Waals surface area contributed by atoms with E-state index in [0.717, 1.165) is 19.3 Å². The van der Waals surface area contributed by atoms with Crippen LogP contribution in [-0.2, 0) is 0 Å². The molecule has 106 valence electrons. The molecule has 3 heteroatoms. The van der Waals surface area contributed by atoms with Crippen LogP contribution in [0.25, 0.3) is 0 Å². The summed E-state index contributed by atoms with van der Waals surface area (Å²) in [4.78, 5) is 8.93. The molecule has 0 saturated carbocycles. The molecular formula is C18H19N3. The lowest BCUT2D eigenvalue weighted by atomic mass is 9.70. The fourth-order valence-corrected chi connectivity index (χ4v) is 3.71. The Balaban J connectivity index is 1.81. The van der Waals surface area contributed by atoms with Crippen molar-refractivity contribution >= 4 is 11.9 Å². The molecule has 4 rings (SSSR count). The minimum atomic E-state index is -0.413. The summed E-state index contributed by atoms with van der Waals surface area (Å²) < 4.78 is 0. The third-order valence-electron chi connectivity index (χ3n) is 4.68. The van der Waals surface area contributed by atoms with E-state index < -0.39 is 6.29 Å². The molecule has 0 amide bonds. The van der Waals surface area contributed by atoms with Crippen molar-refractivity contribution in [1.82, 2.24) is 0 Å². The Morgan fingerprint density at radius 1 is 1.05 bits per heavy atom. The molecule has 3 unspecified atom stereocenters. The van der Waals surface area contributed by atoms with E-state index in [2.05, 4.69) is 52.5 Å². The van der Waals surface area contributed by atoms with Gasteiger partial charge >= 0.3 is 0 Å². The number of aliphatic imine (C=N–C) groups is 2. The molecule has 1 aromatic carbocycles. The summed E-state index contributed by atoms with van der Waals surface area (Å²) in [6.45, 7) is 0. The maximum atomic E-state index is 5.88. The van der Waals surface area contributed by atoms with Crippen LogP contribution in [-0.4, -0.2) is 18.2 Å². The first kappa shape index (κ1) is 12.7. The summed E-state index contributed by atoms with van der Waals surface area (Å²) in [7, 11) is 0. The van der Waals surface area contributed by atoms with Gasteiger partial charge in [-0.05, 0) is 30.4 Å². The van der Waals surface area contributed by atoms with Gasteiger partial charge in [0.2, 0.25) is 0 Å². The first-order chi connectivity index (χ1) is 10.3. The third-order valence-corrected chi connectivity index (χ3v) is 4.68. The van der Waals surface area contributed by atoms with Gasteiger partial charge in [-0.3, -0.25) is 10.7 Å². The predicted molar refractivity (Wildman–Crippen MR) is 86.6 cm³/mol. The summed E-state index contributed by atoms with van der Waals surface area (Å²) in [5.74, 6) is 0.802. The molecule has 1 aromatic rings. The van der Waals surface area contributed by atoms with Gasteiger partial charge in [0.05, 0.1) is 5.71 Å². The normalized spacial score (nSPS) is 30.7. The highest BCUT2D eigenvalue weighted by molar-refractivity contribution is 6.12. The van der Waals surface area contributed by atoms with Crippen LogP contribution < -0.4 is 5.73 Å². The van der Waals surface area contributed by atoms with E-state index in [-0.39, 0.29) is 0 Å². The maximum absolute atomic E-state index is 5.88. The number of benzene rings is 1. The Labute approximate surface area is 125 Å². The Morgan fingerprint density at radius 2 is 1.86 bits per heavy atom. The molecule has 0 bridgehead atoms. The van der Waals surface area contributed by atoms with Gasteiger partial charge in [-0.2, -0.15) is 0 Å². The van der Waals surface area contributed by atoms with Crippen LogP contribution in [0.4, 0.5) is 0 Å². The topological polar surface area (TPSA) is 50.7 Å². The Morgan fingerprint density at radius 3 is 2.71 bits per heavy atom. The van der Waals surface area contributed by atoms with Crippen molar-refractivity contribution in [1.29, 1.82) is 0 Å². The zero-order chi connectivity index (χ0) is 14.2. The van der Waals surface area contributed by atoms with Gasteiger partial charge in [0.25, 0.3) is 0 Å². The third kappa shape index (κ3) is 2.18. The summed E-state index contributed by atoms with van der Waals surface area (Å²) >= 11 is 0. The van der Waals surface area contributed by atoms with Crippen molar-refractivity contribution < 1.29 is 0 Å². The molecule has 21 heavy (non-hydrogen) atoms. The Kier molecular flexibility index (Phi) is 3.08. The standard InChI is InChI=1S/C18H19N3/c19-18-20-11-13-10-16(12-6-2-1-3-7-12)14-8-4-5-9-15(14)17(13)21-18/h1-7,11,13,16,18H,8-10,19H2. The number of nitrogens with two attached hydrogens (primary N) is 1. The van der Waals surface area contributed by atoms with Crippen molar-refractivity contribution in [2.24, 2.45) is 21.6 Å². The molecule has 0 spiro atoms. The highest BCUT2D eigenvalue weighted by atomic mass is 15.1. The monoisotopic (exact) mass is 277 g/mol. The number of nitrogens with zero attached hydrogens (tertiary/aromatic N) is 2. The van der Waals surface area contributed by atoms with Crippen molar-refractivity contribution in [3.8, 4) is 0 Å². The van der Waals surface area contributed by atoms with Crippen molar-refractivity contribution in [3.63, 3.8) is 0 Å². The van der Waals surface area contributed by atoms with Crippen molar-refractivity contribution in [3.05, 3.63) is 59.2 Å². The Hall–Kier alpha value is -2.00. The molecule has 1 aliphatic heterocycles. The average molecular weight is 277 g/mol. The van der Waals surface area contributed by atoms with E-state index in [1.54, 1.807) is 0 Å². The SMILES string of the molecule is NC1N=CC2CC(c3ccccc3)C3=C(CC=CC3)C2=N1. The largest absolute Gasteiger partial charge is 0.291 e. The van der Waals surface area contributed by atoms with Crippen LogP contribution in [0.3, 0.4) is 0 Å². The first-order valence-corrected chi connectivity index (χ1v) is 7.62. The van der Waals surface area contributed by atoms with Gasteiger partial charge in [-0.25, -0.2) is 4.99 Å². The van der Waals surface area contributed by atoms with E-state index >= 15 is 0 Å². The quantitative estimate of drug-likeness (QED) is 0.787. The molecule has 3 aliphatic rings. The minimum Gasteiger partial charge on any atom is -0.291 e. The summed E-state index contributed by atoms with van der Waals surface area (Å²) in [5.41, 5.74) is 11.4. The van der Waals surface area contributed by atoms with E-state index in [4.69, 9.17) is 5.73 Å². The van der Waals surface area contributed by atoms with Gasteiger partial charge in [0.15, 0.2) is 6.29 Å². The molecule has 3 nitrogen and oxygen atoms in total. The fourth-order valence-electron chi connectivity index (χ4n) is 3.71. The van der Waals surface area contributed by atoms with E-state index in [9.17, 15) is 0 Å². The minimum absolute atomic E-state index is 0.320. The molecule has 0 saturated heterocycles. The molecule has 0 radical (unpaired) electrons. The lowest BCUT2D eigenvalue weighted by Crippen LogP contribution is -2.35. The van der Waals surface area contributed by atoms with E-state index in [1.807, 2.05) is 6.21 Å². The number of rotatable bonds is 1. The summed E-state index contributed by atoms with van der Waals surface area (Å²) in [6, 6.07) is 10.8. The Bertz CT molecular complexity index is 667. The molecule has 1 heterocycles. The lowest BCUT2D eigenvalue weighted by molar-refractivity contribution is 0.609. The molecular weight excluding hydrogens is 258 g/mol. The smallest absolute Gasteiger partial charge is 0.191 e. The first-order valence-electron chi connectivity index (χ1n) is 7.62. The molecule has 0 fully saturated rings. The van der Waals surface area contributed by atoms with E-state index in [0.29, 0.717) is 11.8 Å².